The van der Waals surface area contributed by atoms with E-state index >= 15 is 0 Å². The van der Waals surface area contributed by atoms with Gasteiger partial charge in [0.25, 0.3) is 0 Å². The molecule has 0 unspecified atom stereocenters. The van der Waals surface area contributed by atoms with E-state index in [-0.39, 0.29) is 0 Å². The SMILES string of the molecule is O[C@H](CN1CCCC1)c1c2ccccc2cc2ccccc12. The van der Waals surface area contributed by atoms with Gasteiger partial charge in [-0.15, -0.1) is 0 Å². The predicted octanol–water partition coefficient (Wildman–Crippen LogP) is 4.12. The molecule has 2 heteroatoms. The summed E-state index contributed by atoms with van der Waals surface area (Å²) in [6, 6.07) is 19.0. The third-order valence-corrected chi connectivity index (χ3v) is 4.78. The number of likely N-dealkylation sites (tertiary alicyclic amines) is 1. The molecular formula is C20H21NO. The lowest BCUT2D eigenvalue weighted by atomic mass is 9.93. The van der Waals surface area contributed by atoms with E-state index in [1.807, 2.05) is 0 Å². The van der Waals surface area contributed by atoms with E-state index in [0.29, 0.717) is 0 Å². The molecule has 0 aromatic heterocycles. The molecule has 0 radical (unpaired) electrons. The Morgan fingerprint density at radius 2 is 1.41 bits per heavy atom. The van der Waals surface area contributed by atoms with Crippen LogP contribution in [0.4, 0.5) is 0 Å². The lowest BCUT2D eigenvalue weighted by Gasteiger charge is -2.22. The molecule has 0 spiro atoms. The fourth-order valence-corrected chi connectivity index (χ4v) is 3.71. The van der Waals surface area contributed by atoms with Gasteiger partial charge in [-0.2, -0.15) is 0 Å². The zero-order valence-electron chi connectivity index (χ0n) is 12.7. The van der Waals surface area contributed by atoms with Crippen LogP contribution in [0.3, 0.4) is 0 Å². The number of nitrogens with zero attached hydrogens (tertiary/aromatic N) is 1. The molecule has 112 valence electrons. The molecule has 0 amide bonds. The van der Waals surface area contributed by atoms with Gasteiger partial charge in [0, 0.05) is 6.54 Å². The van der Waals surface area contributed by atoms with Crippen LogP contribution in [0, 0.1) is 0 Å². The summed E-state index contributed by atoms with van der Waals surface area (Å²) in [6.07, 6.45) is 2.07. The molecule has 1 N–H and O–H groups in total. The molecule has 1 fully saturated rings. The molecule has 2 nitrogen and oxygen atoms in total. The van der Waals surface area contributed by atoms with Crippen LogP contribution in [-0.4, -0.2) is 29.6 Å². The summed E-state index contributed by atoms with van der Waals surface area (Å²) in [7, 11) is 0. The minimum Gasteiger partial charge on any atom is -0.387 e. The largest absolute Gasteiger partial charge is 0.387 e. The van der Waals surface area contributed by atoms with Crippen molar-refractivity contribution in [3.8, 4) is 0 Å². The maximum absolute atomic E-state index is 10.9. The van der Waals surface area contributed by atoms with Gasteiger partial charge in [0.1, 0.15) is 0 Å². The van der Waals surface area contributed by atoms with Crippen molar-refractivity contribution >= 4 is 21.5 Å². The Morgan fingerprint density at radius 1 is 0.864 bits per heavy atom. The van der Waals surface area contributed by atoms with Gasteiger partial charge < -0.3 is 10.0 Å². The van der Waals surface area contributed by atoms with Crippen LogP contribution in [0.15, 0.2) is 54.6 Å². The molecule has 4 rings (SSSR count). The highest BCUT2D eigenvalue weighted by Crippen LogP contribution is 2.33. The molecule has 1 aliphatic heterocycles. The molecule has 1 aliphatic rings. The Kier molecular flexibility index (Phi) is 3.57. The average molecular weight is 291 g/mol. The molecule has 0 bridgehead atoms. The van der Waals surface area contributed by atoms with Gasteiger partial charge in [-0.1, -0.05) is 48.5 Å². The zero-order chi connectivity index (χ0) is 14.9. The minimum absolute atomic E-state index is 0.436. The smallest absolute Gasteiger partial charge is 0.0928 e. The number of β-amino-alcohol motifs (C(OH)–C–C–N with tert-alkyl or cyclic N) is 1. The molecule has 1 heterocycles. The highest BCUT2D eigenvalue weighted by atomic mass is 16.3. The van der Waals surface area contributed by atoms with E-state index in [0.717, 1.165) is 25.2 Å². The van der Waals surface area contributed by atoms with Crippen LogP contribution >= 0.6 is 0 Å². The Labute approximate surface area is 131 Å². The molecule has 1 saturated heterocycles. The van der Waals surface area contributed by atoms with Gasteiger partial charge in [0.05, 0.1) is 6.10 Å². The summed E-state index contributed by atoms with van der Waals surface area (Å²) < 4.78 is 0. The summed E-state index contributed by atoms with van der Waals surface area (Å²) in [5, 5.41) is 15.7. The van der Waals surface area contributed by atoms with Crippen LogP contribution in [-0.2, 0) is 0 Å². The monoisotopic (exact) mass is 291 g/mol. The van der Waals surface area contributed by atoms with Crippen LogP contribution in [0.25, 0.3) is 21.5 Å². The summed E-state index contributed by atoms with van der Waals surface area (Å²) in [6.45, 7) is 2.96. The maximum Gasteiger partial charge on any atom is 0.0928 e. The molecule has 3 aromatic carbocycles. The fourth-order valence-electron chi connectivity index (χ4n) is 3.71. The van der Waals surface area contributed by atoms with Crippen molar-refractivity contribution < 1.29 is 5.11 Å². The Hall–Kier alpha value is -1.90. The zero-order valence-corrected chi connectivity index (χ0v) is 12.7. The first kappa shape index (κ1) is 13.7. The number of hydrogen-bond acceptors (Lipinski definition) is 2. The number of benzene rings is 3. The van der Waals surface area contributed by atoms with Crippen molar-refractivity contribution in [3.05, 3.63) is 60.2 Å². The maximum atomic E-state index is 10.9. The van der Waals surface area contributed by atoms with E-state index < -0.39 is 6.10 Å². The summed E-state index contributed by atoms with van der Waals surface area (Å²) in [4.78, 5) is 2.38. The predicted molar refractivity (Wildman–Crippen MR) is 92.1 cm³/mol. The fraction of sp³-hybridized carbons (Fsp3) is 0.300. The minimum atomic E-state index is -0.436. The number of fused-ring (bicyclic) bond motifs is 2. The summed E-state index contributed by atoms with van der Waals surface area (Å²) in [5.41, 5.74) is 1.08. The van der Waals surface area contributed by atoms with E-state index in [4.69, 9.17) is 0 Å². The number of hydrogen-bond donors (Lipinski definition) is 1. The standard InChI is InChI=1S/C20H21NO/c22-19(14-21-11-5-6-12-21)20-17-9-3-1-7-15(17)13-16-8-2-4-10-18(16)20/h1-4,7-10,13,19,22H,5-6,11-12,14H2/t19-/m1/s1. The van der Waals surface area contributed by atoms with Gasteiger partial charge >= 0.3 is 0 Å². The molecule has 0 saturated carbocycles. The van der Waals surface area contributed by atoms with Gasteiger partial charge in [-0.25, -0.2) is 0 Å². The molecular weight excluding hydrogens is 270 g/mol. The van der Waals surface area contributed by atoms with E-state index in [9.17, 15) is 5.11 Å². The number of aliphatic hydroxyl groups is 1. The molecule has 22 heavy (non-hydrogen) atoms. The summed E-state index contributed by atoms with van der Waals surface area (Å²) >= 11 is 0. The molecule has 0 aliphatic carbocycles. The van der Waals surface area contributed by atoms with Crippen molar-refractivity contribution in [1.29, 1.82) is 0 Å². The highest BCUT2D eigenvalue weighted by molar-refractivity contribution is 6.02. The molecule has 3 aromatic rings. The van der Waals surface area contributed by atoms with Crippen LogP contribution < -0.4 is 0 Å². The van der Waals surface area contributed by atoms with Crippen molar-refractivity contribution in [1.82, 2.24) is 4.90 Å². The van der Waals surface area contributed by atoms with Crippen LogP contribution in [0.2, 0.25) is 0 Å². The lowest BCUT2D eigenvalue weighted by Crippen LogP contribution is -2.25. The Balaban J connectivity index is 1.87. The second-order valence-corrected chi connectivity index (χ2v) is 6.26. The highest BCUT2D eigenvalue weighted by Gasteiger charge is 2.20. The Morgan fingerprint density at radius 3 is 2.00 bits per heavy atom. The van der Waals surface area contributed by atoms with Crippen LogP contribution in [0.5, 0.6) is 0 Å². The first-order valence-corrected chi connectivity index (χ1v) is 8.14. The van der Waals surface area contributed by atoms with E-state index in [1.54, 1.807) is 0 Å². The second kappa shape index (κ2) is 5.71. The topological polar surface area (TPSA) is 23.5 Å². The quantitative estimate of drug-likeness (QED) is 0.734. The normalized spacial score (nSPS) is 17.3. The van der Waals surface area contributed by atoms with Crippen molar-refractivity contribution in [2.45, 2.75) is 18.9 Å². The van der Waals surface area contributed by atoms with Crippen molar-refractivity contribution in [3.63, 3.8) is 0 Å². The van der Waals surface area contributed by atoms with Crippen LogP contribution in [0.1, 0.15) is 24.5 Å². The summed E-state index contributed by atoms with van der Waals surface area (Å²) in [5.74, 6) is 0. The molecule has 1 atom stereocenters. The van der Waals surface area contributed by atoms with Gasteiger partial charge in [0.15, 0.2) is 0 Å². The van der Waals surface area contributed by atoms with Gasteiger partial charge in [0.2, 0.25) is 0 Å². The third-order valence-electron chi connectivity index (χ3n) is 4.78. The second-order valence-electron chi connectivity index (χ2n) is 6.26. The van der Waals surface area contributed by atoms with Gasteiger partial charge in [-0.05, 0) is 59.1 Å². The third kappa shape index (κ3) is 2.39. The van der Waals surface area contributed by atoms with Crippen molar-refractivity contribution in [2.75, 3.05) is 19.6 Å². The first-order chi connectivity index (χ1) is 10.8. The number of rotatable bonds is 3. The first-order valence-electron chi connectivity index (χ1n) is 8.14. The van der Waals surface area contributed by atoms with Crippen molar-refractivity contribution in [2.24, 2.45) is 0 Å². The Bertz CT molecular complexity index is 751. The van der Waals surface area contributed by atoms with E-state index in [1.165, 1.54) is 34.4 Å². The van der Waals surface area contributed by atoms with Gasteiger partial charge in [-0.3, -0.25) is 0 Å². The van der Waals surface area contributed by atoms with E-state index in [2.05, 4.69) is 59.5 Å². The lowest BCUT2D eigenvalue weighted by molar-refractivity contribution is 0.128. The number of aliphatic hydroxyl groups excluding tert-OH is 1. The average Bonchev–Trinajstić information content (AvgIpc) is 3.05.